The molecule has 4 heterocycles. The van der Waals surface area contributed by atoms with Crippen molar-refractivity contribution < 1.29 is 4.79 Å². The van der Waals surface area contributed by atoms with Crippen LogP contribution in [0.1, 0.15) is 52.9 Å². The van der Waals surface area contributed by atoms with E-state index in [1.165, 1.54) is 28.0 Å². The largest absolute Gasteiger partial charge is 0.356 e. The zero-order valence-corrected chi connectivity index (χ0v) is 17.3. The van der Waals surface area contributed by atoms with E-state index in [-0.39, 0.29) is 17.5 Å². The summed E-state index contributed by atoms with van der Waals surface area (Å²) in [5.41, 5.74) is 3.83. The highest BCUT2D eigenvalue weighted by atomic mass is 32.1. The molecule has 2 N–H and O–H groups in total. The van der Waals surface area contributed by atoms with Gasteiger partial charge >= 0.3 is 0 Å². The number of para-hydroxylation sites is 1. The number of hydrogen-bond donors (Lipinski definition) is 2. The number of aromatic nitrogens is 2. The number of nitrogens with one attached hydrogen (secondary N) is 2. The number of terminal acetylenes is 1. The lowest BCUT2D eigenvalue weighted by molar-refractivity contribution is -0.00861. The molecule has 5 rings (SSSR count). The highest BCUT2D eigenvalue weighted by Gasteiger charge is 2.54. The third-order valence-corrected chi connectivity index (χ3v) is 7.11. The predicted molar refractivity (Wildman–Crippen MR) is 116 cm³/mol. The number of carbonyl (C=O) groups excluding carboxylic acids is 1. The number of unbranched alkanes of at least 4 members (excludes halogenated alkanes) is 1. The van der Waals surface area contributed by atoms with Crippen LogP contribution in [0.25, 0.3) is 10.9 Å². The van der Waals surface area contributed by atoms with Gasteiger partial charge < -0.3 is 15.2 Å². The fourth-order valence-electron chi connectivity index (χ4n) is 4.91. The maximum absolute atomic E-state index is 13.7. The minimum Gasteiger partial charge on any atom is -0.356 e. The molecule has 1 atom stereocenters. The number of nitrogens with zero attached hydrogens (tertiary/aromatic N) is 2. The molecule has 1 unspecified atom stereocenters. The van der Waals surface area contributed by atoms with E-state index < -0.39 is 0 Å². The summed E-state index contributed by atoms with van der Waals surface area (Å²) < 4.78 is 0. The lowest BCUT2D eigenvalue weighted by atomic mass is 9.76. The topological polar surface area (TPSA) is 61.0 Å². The van der Waals surface area contributed by atoms with E-state index >= 15 is 0 Å². The van der Waals surface area contributed by atoms with Crippen LogP contribution in [0.4, 0.5) is 0 Å². The van der Waals surface area contributed by atoms with Crippen molar-refractivity contribution in [3.63, 3.8) is 0 Å². The van der Waals surface area contributed by atoms with Crippen LogP contribution in [0, 0.1) is 12.3 Å². The van der Waals surface area contributed by atoms with Gasteiger partial charge in [-0.15, -0.1) is 17.8 Å². The molecular weight excluding hydrogens is 380 g/mol. The Kier molecular flexibility index (Phi) is 4.45. The first-order valence-electron chi connectivity index (χ1n) is 10.2. The summed E-state index contributed by atoms with van der Waals surface area (Å²) in [6.07, 6.45) is 9.57. The predicted octanol–water partition coefficient (Wildman–Crippen LogP) is 3.66. The molecule has 2 aliphatic heterocycles. The lowest BCUT2D eigenvalue weighted by Crippen LogP contribution is -2.72. The quantitative estimate of drug-likeness (QED) is 0.653. The summed E-state index contributed by atoms with van der Waals surface area (Å²) >= 11 is 1.36. The van der Waals surface area contributed by atoms with E-state index in [0.29, 0.717) is 10.7 Å². The number of carbonyl (C=O) groups is 1. The summed E-state index contributed by atoms with van der Waals surface area (Å²) in [6, 6.07) is 8.63. The normalized spacial score (nSPS) is 19.7. The zero-order chi connectivity index (χ0) is 20.0. The van der Waals surface area contributed by atoms with Gasteiger partial charge in [0.15, 0.2) is 5.01 Å². The zero-order valence-electron chi connectivity index (χ0n) is 16.5. The molecule has 29 heavy (non-hydrogen) atoms. The second-order valence-corrected chi connectivity index (χ2v) is 8.87. The van der Waals surface area contributed by atoms with Gasteiger partial charge in [0.2, 0.25) is 0 Å². The van der Waals surface area contributed by atoms with Crippen molar-refractivity contribution in [2.24, 2.45) is 0 Å². The van der Waals surface area contributed by atoms with Crippen LogP contribution in [0.5, 0.6) is 0 Å². The summed E-state index contributed by atoms with van der Waals surface area (Å²) in [5.74, 6) is 2.55. The van der Waals surface area contributed by atoms with E-state index in [1.807, 2.05) is 0 Å². The van der Waals surface area contributed by atoms with E-state index in [2.05, 4.69) is 57.3 Å². The summed E-state index contributed by atoms with van der Waals surface area (Å²) in [6.45, 7) is 3.72. The highest BCUT2D eigenvalue weighted by molar-refractivity contribution is 7.10. The molecule has 0 bridgehead atoms. The van der Waals surface area contributed by atoms with Crippen LogP contribution in [-0.2, 0) is 12.0 Å². The molecule has 5 nitrogen and oxygen atoms in total. The number of rotatable bonds is 4. The lowest BCUT2D eigenvalue weighted by Gasteiger charge is -2.56. The molecule has 6 heteroatoms. The Balaban J connectivity index is 1.64. The Labute approximate surface area is 174 Å². The van der Waals surface area contributed by atoms with Gasteiger partial charge in [0.25, 0.3) is 5.91 Å². The molecular formula is C23H24N4OS. The van der Waals surface area contributed by atoms with Crippen LogP contribution in [-0.4, -0.2) is 39.9 Å². The third-order valence-electron chi connectivity index (χ3n) is 6.34. The second kappa shape index (κ2) is 7.01. The van der Waals surface area contributed by atoms with Crippen molar-refractivity contribution in [1.29, 1.82) is 0 Å². The molecule has 0 saturated carbocycles. The van der Waals surface area contributed by atoms with Crippen LogP contribution < -0.4 is 5.32 Å². The first-order valence-corrected chi connectivity index (χ1v) is 11.1. The number of amides is 1. The van der Waals surface area contributed by atoms with Gasteiger partial charge in [0.1, 0.15) is 11.2 Å². The SMILES string of the molecule is C#Cc1nc(C(=O)N2C(CCCC)Cc3c([nH]c4ccccc34)C23CNC3)cs1. The number of aromatic amines is 1. The van der Waals surface area contributed by atoms with Crippen LogP contribution in [0.15, 0.2) is 29.6 Å². The van der Waals surface area contributed by atoms with Gasteiger partial charge in [0, 0.05) is 41.1 Å². The molecule has 1 aromatic carbocycles. The highest BCUT2D eigenvalue weighted by Crippen LogP contribution is 2.45. The Morgan fingerprint density at radius 3 is 2.93 bits per heavy atom. The van der Waals surface area contributed by atoms with Gasteiger partial charge in [0.05, 0.1) is 0 Å². The molecule has 148 valence electrons. The minimum absolute atomic E-state index is 0.00495. The molecule has 1 fully saturated rings. The molecule has 2 aromatic heterocycles. The van der Waals surface area contributed by atoms with E-state index in [4.69, 9.17) is 6.42 Å². The van der Waals surface area contributed by atoms with Crippen molar-refractivity contribution in [2.45, 2.75) is 44.2 Å². The van der Waals surface area contributed by atoms with E-state index in [0.717, 1.165) is 44.3 Å². The Morgan fingerprint density at radius 1 is 1.41 bits per heavy atom. The Hall–Kier alpha value is -2.62. The Morgan fingerprint density at radius 2 is 2.24 bits per heavy atom. The fraction of sp³-hybridized carbons (Fsp3) is 0.391. The maximum atomic E-state index is 13.7. The van der Waals surface area contributed by atoms with Crippen molar-refractivity contribution in [3.05, 3.63) is 51.6 Å². The molecule has 3 aromatic rings. The summed E-state index contributed by atoms with van der Waals surface area (Å²) in [5, 5.41) is 7.06. The van der Waals surface area contributed by atoms with Crippen LogP contribution >= 0.6 is 11.3 Å². The fourth-order valence-corrected chi connectivity index (χ4v) is 5.50. The van der Waals surface area contributed by atoms with Crippen LogP contribution in [0.3, 0.4) is 0 Å². The van der Waals surface area contributed by atoms with Crippen LogP contribution in [0.2, 0.25) is 0 Å². The van der Waals surface area contributed by atoms with Gasteiger partial charge in [-0.3, -0.25) is 4.79 Å². The van der Waals surface area contributed by atoms with Crippen molar-refractivity contribution in [1.82, 2.24) is 20.2 Å². The average Bonchev–Trinajstić information content (AvgIpc) is 3.34. The average molecular weight is 405 g/mol. The third kappa shape index (κ3) is 2.72. The number of hydrogen-bond acceptors (Lipinski definition) is 4. The summed E-state index contributed by atoms with van der Waals surface area (Å²) in [4.78, 5) is 23.9. The molecule has 2 aliphatic rings. The molecule has 0 aliphatic carbocycles. The molecule has 0 radical (unpaired) electrons. The van der Waals surface area contributed by atoms with E-state index in [1.54, 1.807) is 5.38 Å². The first-order chi connectivity index (χ1) is 14.2. The first kappa shape index (κ1) is 18.4. The van der Waals surface area contributed by atoms with E-state index in [9.17, 15) is 4.79 Å². The number of H-pyrrole nitrogens is 1. The molecule has 1 saturated heterocycles. The second-order valence-electron chi connectivity index (χ2n) is 8.02. The van der Waals surface area contributed by atoms with Gasteiger partial charge in [-0.05, 0) is 30.4 Å². The number of benzene rings is 1. The Bertz CT molecular complexity index is 1120. The standard InChI is InChI=1S/C23H24N4OS/c1-3-5-8-15-11-17-16-9-6-7-10-18(16)26-21(17)23(13-24-14-23)27(15)22(28)19-12-29-20(4-2)25-19/h2,6-7,9-10,12,15,24,26H,3,5,8,11,13-14H2,1H3. The van der Waals surface area contributed by atoms with Gasteiger partial charge in [-0.2, -0.15) is 0 Å². The molecule has 1 amide bonds. The van der Waals surface area contributed by atoms with Crippen molar-refractivity contribution in [3.8, 4) is 12.3 Å². The van der Waals surface area contributed by atoms with Gasteiger partial charge in [-0.25, -0.2) is 4.98 Å². The monoisotopic (exact) mass is 404 g/mol. The minimum atomic E-state index is -0.345. The van der Waals surface area contributed by atoms with Crippen molar-refractivity contribution >= 4 is 28.1 Å². The number of thiazole rings is 1. The maximum Gasteiger partial charge on any atom is 0.274 e. The van der Waals surface area contributed by atoms with Crippen molar-refractivity contribution in [2.75, 3.05) is 13.1 Å². The molecule has 1 spiro atoms. The smallest absolute Gasteiger partial charge is 0.274 e. The number of fused-ring (bicyclic) bond motifs is 4. The van der Waals surface area contributed by atoms with Gasteiger partial charge in [-0.1, -0.05) is 38.0 Å². The summed E-state index contributed by atoms with van der Waals surface area (Å²) in [7, 11) is 0.